The first-order chi connectivity index (χ1) is 12.9. The van der Waals surface area contributed by atoms with Gasteiger partial charge in [0.05, 0.1) is 0 Å². The smallest absolute Gasteiger partial charge is 0.269 e. The van der Waals surface area contributed by atoms with Crippen LogP contribution in [-0.4, -0.2) is 63.2 Å². The van der Waals surface area contributed by atoms with Crippen LogP contribution in [0.3, 0.4) is 0 Å². The van der Waals surface area contributed by atoms with Crippen molar-refractivity contribution in [1.82, 2.24) is 15.3 Å². The van der Waals surface area contributed by atoms with Gasteiger partial charge in [-0.3, -0.25) is 5.43 Å². The number of hydrogen-bond acceptors (Lipinski definition) is 4. The van der Waals surface area contributed by atoms with Gasteiger partial charge in [-0.2, -0.15) is 0 Å². The SMILES string of the molecule is CCCCN(CCCC)CCCC.NC(O)=S.OC(=S)NN1CCCCC1. The zero-order valence-corrected chi connectivity index (χ0v) is 19.2. The van der Waals surface area contributed by atoms with Crippen LogP contribution in [0.25, 0.3) is 0 Å². The van der Waals surface area contributed by atoms with E-state index in [0.29, 0.717) is 0 Å². The first kappa shape index (κ1) is 28.5. The third-order valence-electron chi connectivity index (χ3n) is 4.09. The molecular weight excluding hydrogens is 380 g/mol. The van der Waals surface area contributed by atoms with Gasteiger partial charge in [-0.05, 0) is 76.2 Å². The quantitative estimate of drug-likeness (QED) is 0.388. The number of rotatable bonds is 10. The van der Waals surface area contributed by atoms with Crippen LogP contribution in [0.1, 0.15) is 78.6 Å². The lowest BCUT2D eigenvalue weighted by molar-refractivity contribution is 0.183. The highest BCUT2D eigenvalue weighted by Crippen LogP contribution is 2.05. The van der Waals surface area contributed by atoms with E-state index in [4.69, 9.17) is 10.2 Å². The Kier molecular flexibility index (Phi) is 22.8. The van der Waals surface area contributed by atoms with Crippen molar-refractivity contribution in [2.75, 3.05) is 32.7 Å². The molecule has 162 valence electrons. The fraction of sp³-hybridized carbons (Fsp3) is 0.895. The number of thiocarbonyl (C=S) groups is 2. The summed E-state index contributed by atoms with van der Waals surface area (Å²) in [5, 5.41) is 17.6. The summed E-state index contributed by atoms with van der Waals surface area (Å²) in [5.41, 5.74) is 7.10. The van der Waals surface area contributed by atoms with E-state index in [1.54, 1.807) is 0 Å². The Morgan fingerprint density at radius 3 is 1.56 bits per heavy atom. The van der Waals surface area contributed by atoms with Gasteiger partial charge in [0, 0.05) is 13.1 Å². The largest absolute Gasteiger partial charge is 0.487 e. The van der Waals surface area contributed by atoms with Gasteiger partial charge in [0.2, 0.25) is 0 Å². The summed E-state index contributed by atoms with van der Waals surface area (Å²) in [6.45, 7) is 12.7. The minimum absolute atomic E-state index is 0.123. The maximum atomic E-state index is 8.68. The topological polar surface area (TPSA) is 85.0 Å². The van der Waals surface area contributed by atoms with Crippen molar-refractivity contribution in [3.8, 4) is 0 Å². The van der Waals surface area contributed by atoms with E-state index in [9.17, 15) is 0 Å². The van der Waals surface area contributed by atoms with Gasteiger partial charge in [-0.15, -0.1) is 0 Å². The van der Waals surface area contributed by atoms with E-state index >= 15 is 0 Å². The molecule has 0 atom stereocenters. The van der Waals surface area contributed by atoms with Crippen LogP contribution in [0, 0.1) is 0 Å². The summed E-state index contributed by atoms with van der Waals surface area (Å²) in [6, 6.07) is 0. The molecule has 0 aliphatic carbocycles. The highest BCUT2D eigenvalue weighted by Gasteiger charge is 2.09. The lowest BCUT2D eigenvalue weighted by Crippen LogP contribution is -2.44. The first-order valence-corrected chi connectivity index (χ1v) is 11.1. The van der Waals surface area contributed by atoms with Crippen LogP contribution < -0.4 is 11.2 Å². The van der Waals surface area contributed by atoms with Gasteiger partial charge in [-0.1, -0.05) is 46.5 Å². The number of hydrogen-bond donors (Lipinski definition) is 4. The zero-order chi connectivity index (χ0) is 20.9. The number of piperidine rings is 1. The third kappa shape index (κ3) is 25.3. The van der Waals surface area contributed by atoms with E-state index in [-0.39, 0.29) is 5.17 Å². The van der Waals surface area contributed by atoms with Crippen molar-refractivity contribution in [1.29, 1.82) is 0 Å². The zero-order valence-electron chi connectivity index (χ0n) is 17.6. The predicted octanol–water partition coefficient (Wildman–Crippen LogP) is 4.30. The van der Waals surface area contributed by atoms with Crippen LogP contribution >= 0.6 is 24.4 Å². The minimum Gasteiger partial charge on any atom is -0.487 e. The Labute approximate surface area is 177 Å². The average molecular weight is 423 g/mol. The number of aliphatic hydroxyl groups excluding tert-OH is 2. The fourth-order valence-electron chi connectivity index (χ4n) is 2.62. The lowest BCUT2D eigenvalue weighted by Gasteiger charge is -2.26. The molecule has 5 N–H and O–H groups in total. The Morgan fingerprint density at radius 2 is 1.26 bits per heavy atom. The van der Waals surface area contributed by atoms with Crippen molar-refractivity contribution in [3.05, 3.63) is 0 Å². The maximum Gasteiger partial charge on any atom is 0.269 e. The molecule has 0 unspecified atom stereocenters. The third-order valence-corrected chi connectivity index (χ3v) is 4.18. The number of hydrazine groups is 1. The highest BCUT2D eigenvalue weighted by molar-refractivity contribution is 7.80. The molecular formula is C19H42N4O2S2. The van der Waals surface area contributed by atoms with E-state index in [0.717, 1.165) is 13.1 Å². The number of nitrogens with one attached hydrogen (secondary N) is 1. The van der Waals surface area contributed by atoms with Gasteiger partial charge >= 0.3 is 0 Å². The molecule has 0 saturated carbocycles. The van der Waals surface area contributed by atoms with E-state index < -0.39 is 5.17 Å². The molecule has 0 aromatic rings. The van der Waals surface area contributed by atoms with Crippen LogP contribution in [0.4, 0.5) is 0 Å². The van der Waals surface area contributed by atoms with E-state index in [1.165, 1.54) is 77.4 Å². The Morgan fingerprint density at radius 1 is 0.889 bits per heavy atom. The standard InChI is InChI=1S/C12H27N.C6H12N2OS.CH3NOS/c1-4-7-10-13(11-8-5-2)12-9-6-3;9-6(10)7-8-4-2-1-3-5-8;2-1(3)4/h4-12H2,1-3H3;1-5H2,(H2,7,9,10);(H3,2,3,4). The molecule has 1 rings (SSSR count). The second-order valence-electron chi connectivity index (χ2n) is 6.71. The average Bonchev–Trinajstić information content (AvgIpc) is 2.61. The van der Waals surface area contributed by atoms with Gasteiger partial charge in [0.25, 0.3) is 10.3 Å². The molecule has 0 aromatic heterocycles. The van der Waals surface area contributed by atoms with Crippen LogP contribution in [0.2, 0.25) is 0 Å². The predicted molar refractivity (Wildman–Crippen MR) is 124 cm³/mol. The molecule has 1 heterocycles. The normalized spacial score (nSPS) is 13.8. The van der Waals surface area contributed by atoms with Crippen molar-refractivity contribution in [2.45, 2.75) is 78.6 Å². The second kappa shape index (κ2) is 21.6. The lowest BCUT2D eigenvalue weighted by atomic mass is 10.2. The number of nitrogens with two attached hydrogens (primary N) is 1. The summed E-state index contributed by atoms with van der Waals surface area (Å²) in [4.78, 5) is 2.64. The molecule has 27 heavy (non-hydrogen) atoms. The Hall–Kier alpha value is -0.700. The first-order valence-electron chi connectivity index (χ1n) is 10.3. The van der Waals surface area contributed by atoms with E-state index in [1.807, 2.05) is 5.01 Å². The second-order valence-corrected chi connectivity index (χ2v) is 7.51. The Balaban J connectivity index is 0. The van der Waals surface area contributed by atoms with Crippen LogP contribution in [-0.2, 0) is 0 Å². The molecule has 0 bridgehead atoms. The molecule has 1 fully saturated rings. The van der Waals surface area contributed by atoms with Crippen LogP contribution in [0.15, 0.2) is 0 Å². The molecule has 6 nitrogen and oxygen atoms in total. The molecule has 1 aliphatic heterocycles. The fourth-order valence-corrected chi connectivity index (χ4v) is 2.75. The molecule has 0 aromatic carbocycles. The molecule has 1 saturated heterocycles. The minimum atomic E-state index is -0.500. The number of nitrogens with zero attached hydrogens (tertiary/aromatic N) is 2. The van der Waals surface area contributed by atoms with Crippen molar-refractivity contribution in [2.24, 2.45) is 5.73 Å². The van der Waals surface area contributed by atoms with E-state index in [2.05, 4.69) is 61.3 Å². The monoisotopic (exact) mass is 422 g/mol. The summed E-state index contributed by atoms with van der Waals surface area (Å²) in [7, 11) is 0. The number of aliphatic hydroxyl groups is 2. The van der Waals surface area contributed by atoms with Gasteiger partial charge in [0.1, 0.15) is 0 Å². The number of unbranched alkanes of at least 4 members (excludes halogenated alkanes) is 3. The molecule has 0 radical (unpaired) electrons. The summed E-state index contributed by atoms with van der Waals surface area (Å²) < 4.78 is 0. The molecule has 8 heteroatoms. The molecule has 1 aliphatic rings. The van der Waals surface area contributed by atoms with Gasteiger partial charge in [0.15, 0.2) is 0 Å². The summed E-state index contributed by atoms with van der Waals surface area (Å²) in [5.74, 6) is 0. The Bertz CT molecular complexity index is 332. The van der Waals surface area contributed by atoms with Crippen LogP contribution in [0.5, 0.6) is 0 Å². The van der Waals surface area contributed by atoms with Gasteiger partial charge in [-0.25, -0.2) is 5.01 Å². The van der Waals surface area contributed by atoms with Crippen molar-refractivity contribution in [3.63, 3.8) is 0 Å². The molecule has 0 amide bonds. The highest BCUT2D eigenvalue weighted by atomic mass is 32.1. The maximum absolute atomic E-state index is 8.68. The molecule has 0 spiro atoms. The van der Waals surface area contributed by atoms with Crippen molar-refractivity contribution >= 4 is 34.8 Å². The summed E-state index contributed by atoms with van der Waals surface area (Å²) in [6.07, 6.45) is 11.8. The summed E-state index contributed by atoms with van der Waals surface area (Å²) >= 11 is 8.35. The van der Waals surface area contributed by atoms with Crippen molar-refractivity contribution < 1.29 is 10.2 Å². The van der Waals surface area contributed by atoms with Gasteiger partial charge < -0.3 is 20.8 Å².